The SMILES string of the molecule is Cc1sc(NC(=O)c2cccc(OCc3cscn3)c2)c(C(N)=O)c1-c1ccccc1. The summed E-state index contributed by atoms with van der Waals surface area (Å²) >= 11 is 2.83. The van der Waals surface area contributed by atoms with Crippen LogP contribution in [0.4, 0.5) is 5.00 Å². The van der Waals surface area contributed by atoms with E-state index in [2.05, 4.69) is 10.3 Å². The van der Waals surface area contributed by atoms with Crippen LogP contribution in [-0.2, 0) is 6.61 Å². The molecular formula is C23H19N3O3S2. The Hall–Kier alpha value is -3.49. The number of amides is 2. The average Bonchev–Trinajstić information content (AvgIpc) is 3.40. The van der Waals surface area contributed by atoms with E-state index in [-0.39, 0.29) is 5.91 Å². The molecule has 0 saturated carbocycles. The predicted octanol–water partition coefficient (Wildman–Crippen LogP) is 5.11. The molecule has 6 nitrogen and oxygen atoms in total. The summed E-state index contributed by atoms with van der Waals surface area (Å²) in [6, 6.07) is 16.4. The standard InChI is InChI=1S/C23H19N3O3S2/c1-14-19(15-6-3-2-4-7-15)20(21(24)27)23(31-14)26-22(28)16-8-5-9-18(10-16)29-11-17-12-30-13-25-17/h2-10,12-13H,11H2,1H3,(H2,24,27)(H,26,28). The molecule has 156 valence electrons. The number of hydrogen-bond donors (Lipinski definition) is 2. The van der Waals surface area contributed by atoms with Gasteiger partial charge >= 0.3 is 0 Å². The van der Waals surface area contributed by atoms with Crippen molar-refractivity contribution >= 4 is 39.5 Å². The molecule has 2 aromatic heterocycles. The minimum absolute atomic E-state index is 0.318. The Bertz CT molecular complexity index is 1220. The summed E-state index contributed by atoms with van der Waals surface area (Å²) in [5, 5.41) is 5.19. The number of nitrogens with one attached hydrogen (secondary N) is 1. The van der Waals surface area contributed by atoms with Gasteiger partial charge in [0.05, 0.1) is 16.8 Å². The highest BCUT2D eigenvalue weighted by atomic mass is 32.1. The third kappa shape index (κ3) is 4.65. The third-order valence-corrected chi connectivity index (χ3v) is 6.24. The zero-order chi connectivity index (χ0) is 21.8. The highest BCUT2D eigenvalue weighted by molar-refractivity contribution is 7.17. The van der Waals surface area contributed by atoms with E-state index in [1.807, 2.05) is 42.6 Å². The van der Waals surface area contributed by atoms with E-state index < -0.39 is 5.91 Å². The minimum Gasteiger partial charge on any atom is -0.487 e. The largest absolute Gasteiger partial charge is 0.487 e. The lowest BCUT2D eigenvalue weighted by Gasteiger charge is -2.09. The first-order valence-corrected chi connectivity index (χ1v) is 11.2. The fraction of sp³-hybridized carbons (Fsp3) is 0.0870. The number of thiophene rings is 1. The van der Waals surface area contributed by atoms with Crippen molar-refractivity contribution in [3.63, 3.8) is 0 Å². The Morgan fingerprint density at radius 2 is 1.94 bits per heavy atom. The molecule has 0 radical (unpaired) electrons. The molecule has 4 aromatic rings. The summed E-state index contributed by atoms with van der Waals surface area (Å²) in [5.74, 6) is -0.371. The lowest BCUT2D eigenvalue weighted by molar-refractivity contribution is 0.100. The Morgan fingerprint density at radius 1 is 1.13 bits per heavy atom. The predicted molar refractivity (Wildman–Crippen MR) is 124 cm³/mol. The van der Waals surface area contributed by atoms with E-state index >= 15 is 0 Å². The molecule has 0 fully saturated rings. The lowest BCUT2D eigenvalue weighted by Crippen LogP contribution is -2.17. The van der Waals surface area contributed by atoms with Crippen molar-refractivity contribution in [2.75, 3.05) is 5.32 Å². The van der Waals surface area contributed by atoms with Crippen molar-refractivity contribution in [1.82, 2.24) is 4.98 Å². The van der Waals surface area contributed by atoms with Gasteiger partial charge in [0, 0.05) is 21.4 Å². The van der Waals surface area contributed by atoms with Crippen molar-refractivity contribution in [3.8, 4) is 16.9 Å². The second-order valence-corrected chi connectivity index (χ2v) is 8.66. The summed E-state index contributed by atoms with van der Waals surface area (Å²) in [5.41, 5.74) is 10.6. The van der Waals surface area contributed by atoms with Crippen LogP contribution in [0.2, 0.25) is 0 Å². The van der Waals surface area contributed by atoms with Crippen molar-refractivity contribution in [2.24, 2.45) is 5.73 Å². The monoisotopic (exact) mass is 449 g/mol. The summed E-state index contributed by atoms with van der Waals surface area (Å²) < 4.78 is 5.73. The molecule has 3 N–H and O–H groups in total. The van der Waals surface area contributed by atoms with Crippen molar-refractivity contribution in [2.45, 2.75) is 13.5 Å². The number of anilines is 1. The smallest absolute Gasteiger partial charge is 0.256 e. The topological polar surface area (TPSA) is 94.3 Å². The van der Waals surface area contributed by atoms with Gasteiger partial charge in [0.25, 0.3) is 11.8 Å². The molecule has 0 aliphatic rings. The Labute approximate surface area is 187 Å². The summed E-state index contributed by atoms with van der Waals surface area (Å²) in [4.78, 5) is 30.2. The molecular weight excluding hydrogens is 430 g/mol. The molecule has 0 unspecified atom stereocenters. The molecule has 0 atom stereocenters. The number of ether oxygens (including phenoxy) is 1. The van der Waals surface area contributed by atoms with Gasteiger partial charge in [-0.25, -0.2) is 4.98 Å². The lowest BCUT2D eigenvalue weighted by atomic mass is 10.0. The number of rotatable bonds is 7. The summed E-state index contributed by atoms with van der Waals surface area (Å²) in [6.45, 7) is 2.23. The zero-order valence-electron chi connectivity index (χ0n) is 16.6. The van der Waals surface area contributed by atoms with Gasteiger partial charge in [-0.2, -0.15) is 0 Å². The fourth-order valence-electron chi connectivity index (χ4n) is 3.19. The molecule has 0 bridgehead atoms. The summed E-state index contributed by atoms with van der Waals surface area (Å²) in [6.07, 6.45) is 0. The van der Waals surface area contributed by atoms with Gasteiger partial charge in [0.2, 0.25) is 0 Å². The van der Waals surface area contributed by atoms with Gasteiger partial charge in [0.15, 0.2) is 0 Å². The van der Waals surface area contributed by atoms with E-state index in [0.717, 1.165) is 21.7 Å². The highest BCUT2D eigenvalue weighted by Gasteiger charge is 2.23. The Balaban J connectivity index is 1.57. The number of thiazole rings is 1. The van der Waals surface area contributed by atoms with E-state index in [9.17, 15) is 9.59 Å². The number of aryl methyl sites for hydroxylation is 1. The first kappa shape index (κ1) is 20.8. The normalized spacial score (nSPS) is 10.6. The van der Waals surface area contributed by atoms with Gasteiger partial charge in [0.1, 0.15) is 17.4 Å². The van der Waals surface area contributed by atoms with E-state index in [0.29, 0.717) is 28.5 Å². The number of carbonyl (C=O) groups excluding carboxylic acids is 2. The number of nitrogens with two attached hydrogens (primary N) is 1. The molecule has 8 heteroatoms. The zero-order valence-corrected chi connectivity index (χ0v) is 18.3. The van der Waals surface area contributed by atoms with Crippen molar-refractivity contribution < 1.29 is 14.3 Å². The maximum atomic E-state index is 12.9. The maximum Gasteiger partial charge on any atom is 0.256 e. The first-order chi connectivity index (χ1) is 15.0. The molecule has 4 rings (SSSR count). The molecule has 2 amide bonds. The second-order valence-electron chi connectivity index (χ2n) is 6.72. The van der Waals surface area contributed by atoms with E-state index in [4.69, 9.17) is 10.5 Å². The fourth-order valence-corrected chi connectivity index (χ4v) is 4.81. The summed E-state index contributed by atoms with van der Waals surface area (Å²) in [7, 11) is 0. The van der Waals surface area contributed by atoms with Crippen LogP contribution in [0.3, 0.4) is 0 Å². The number of hydrogen-bond acceptors (Lipinski definition) is 6. The number of primary amides is 1. The quantitative estimate of drug-likeness (QED) is 0.410. The highest BCUT2D eigenvalue weighted by Crippen LogP contribution is 2.39. The van der Waals surface area contributed by atoms with Gasteiger partial charge in [-0.15, -0.1) is 22.7 Å². The van der Waals surface area contributed by atoms with Crippen LogP contribution in [-0.4, -0.2) is 16.8 Å². The van der Waals surface area contributed by atoms with Crippen LogP contribution >= 0.6 is 22.7 Å². The molecule has 0 aliphatic heterocycles. The molecule has 0 saturated heterocycles. The molecule has 0 aliphatic carbocycles. The van der Waals surface area contributed by atoms with Crippen LogP contribution < -0.4 is 15.8 Å². The van der Waals surface area contributed by atoms with Crippen LogP contribution in [0, 0.1) is 6.92 Å². The van der Waals surface area contributed by atoms with Gasteiger partial charge < -0.3 is 15.8 Å². The first-order valence-electron chi connectivity index (χ1n) is 9.43. The molecule has 31 heavy (non-hydrogen) atoms. The molecule has 2 heterocycles. The van der Waals surface area contributed by atoms with E-state index in [1.165, 1.54) is 22.7 Å². The van der Waals surface area contributed by atoms with Crippen molar-refractivity contribution in [3.05, 3.63) is 87.2 Å². The Kier molecular flexibility index (Phi) is 6.11. The van der Waals surface area contributed by atoms with E-state index in [1.54, 1.807) is 29.8 Å². The average molecular weight is 450 g/mol. The van der Waals surface area contributed by atoms with Gasteiger partial charge in [-0.3, -0.25) is 9.59 Å². The van der Waals surface area contributed by atoms with Crippen LogP contribution in [0.5, 0.6) is 5.75 Å². The van der Waals surface area contributed by atoms with Crippen molar-refractivity contribution in [1.29, 1.82) is 0 Å². The molecule has 2 aromatic carbocycles. The number of benzene rings is 2. The van der Waals surface area contributed by atoms with Gasteiger partial charge in [-0.05, 0) is 30.7 Å². The third-order valence-electron chi connectivity index (χ3n) is 4.59. The number of carbonyl (C=O) groups is 2. The maximum absolute atomic E-state index is 12.9. The Morgan fingerprint density at radius 3 is 2.65 bits per heavy atom. The molecule has 0 spiro atoms. The number of aromatic nitrogens is 1. The minimum atomic E-state index is -0.584. The van der Waals surface area contributed by atoms with Gasteiger partial charge in [-0.1, -0.05) is 36.4 Å². The second kappa shape index (κ2) is 9.11. The number of nitrogens with zero attached hydrogens (tertiary/aromatic N) is 1. The van der Waals surface area contributed by atoms with Crippen LogP contribution in [0.25, 0.3) is 11.1 Å². The van der Waals surface area contributed by atoms with Crippen LogP contribution in [0.1, 0.15) is 31.3 Å². The van der Waals surface area contributed by atoms with Crippen LogP contribution in [0.15, 0.2) is 65.5 Å².